The molecule has 18 heavy (non-hydrogen) atoms. The third-order valence-electron chi connectivity index (χ3n) is 2.08. The number of alkyl halides is 5. The smallest absolute Gasteiger partial charge is 0.303 e. The second-order valence-corrected chi connectivity index (χ2v) is 9.13. The zero-order valence-electron chi connectivity index (χ0n) is 9.24. The zero-order chi connectivity index (χ0) is 14.4. The monoisotopic (exact) mass is 556 g/mol. The van der Waals surface area contributed by atoms with Crippen LogP contribution in [0.4, 0.5) is 0 Å². The van der Waals surface area contributed by atoms with E-state index in [0.29, 0.717) is 23.5 Å². The summed E-state index contributed by atoms with van der Waals surface area (Å²) < 4.78 is 16.1. The fourth-order valence-corrected chi connectivity index (χ4v) is 4.16. The van der Waals surface area contributed by atoms with E-state index in [-0.39, 0.29) is 15.5 Å². The maximum Gasteiger partial charge on any atom is 0.470 e. The van der Waals surface area contributed by atoms with E-state index in [4.69, 9.17) is 25.9 Å². The Morgan fingerprint density at radius 2 is 1.56 bits per heavy atom. The van der Waals surface area contributed by atoms with E-state index in [1.54, 1.807) is 0 Å². The van der Waals surface area contributed by atoms with Gasteiger partial charge in [-0.25, -0.2) is 4.57 Å². The highest BCUT2D eigenvalue weighted by atomic mass is 79.9. The van der Waals surface area contributed by atoms with Crippen LogP contribution in [-0.2, 0) is 9.09 Å². The van der Waals surface area contributed by atoms with Gasteiger partial charge in [0, 0.05) is 20.3 Å². The van der Waals surface area contributed by atoms with Crippen molar-refractivity contribution in [3.8, 4) is 0 Å². The van der Waals surface area contributed by atoms with E-state index in [0.717, 1.165) is 0 Å². The van der Waals surface area contributed by atoms with Gasteiger partial charge in [0.2, 0.25) is 0 Å². The lowest BCUT2D eigenvalue weighted by Gasteiger charge is -2.34. The Morgan fingerprint density at radius 3 is 1.78 bits per heavy atom. The Morgan fingerprint density at radius 1 is 1.17 bits per heavy atom. The standard InChI is InChI=1S/C8H14Br4ClO4P/c9-3-6(11)1-8(5-13,2-7(12)4-10)17-18(14,15)16/h6-7H,1-5H2,(H2,14,15,16). The molecule has 2 atom stereocenters. The van der Waals surface area contributed by atoms with Crippen LogP contribution in [0.25, 0.3) is 0 Å². The molecule has 0 bridgehead atoms. The van der Waals surface area contributed by atoms with Gasteiger partial charge >= 0.3 is 7.82 Å². The highest BCUT2D eigenvalue weighted by Crippen LogP contribution is 2.46. The number of halogens is 5. The number of hydrogen-bond donors (Lipinski definition) is 2. The van der Waals surface area contributed by atoms with E-state index in [1.165, 1.54) is 0 Å². The maximum atomic E-state index is 11.1. The summed E-state index contributed by atoms with van der Waals surface area (Å²) in [5.74, 6) is 0.00229. The number of phosphoric acid groups is 1. The van der Waals surface area contributed by atoms with E-state index < -0.39 is 13.4 Å². The summed E-state index contributed by atoms with van der Waals surface area (Å²) in [5, 5.41) is 1.27. The Kier molecular flexibility index (Phi) is 10.6. The average molecular weight is 560 g/mol. The van der Waals surface area contributed by atoms with Crippen molar-refractivity contribution in [1.29, 1.82) is 0 Å². The fourth-order valence-electron chi connectivity index (χ4n) is 1.46. The van der Waals surface area contributed by atoms with Crippen LogP contribution in [0.15, 0.2) is 0 Å². The zero-order valence-corrected chi connectivity index (χ0v) is 17.2. The lowest BCUT2D eigenvalue weighted by atomic mass is 9.95. The molecule has 0 aromatic heterocycles. The van der Waals surface area contributed by atoms with E-state index in [9.17, 15) is 4.57 Å². The topological polar surface area (TPSA) is 66.8 Å². The van der Waals surface area contributed by atoms with Gasteiger partial charge in [-0.1, -0.05) is 63.7 Å². The molecule has 0 aliphatic carbocycles. The third kappa shape index (κ3) is 8.57. The van der Waals surface area contributed by atoms with E-state index >= 15 is 0 Å². The lowest BCUT2D eigenvalue weighted by molar-refractivity contribution is 0.0402. The molecule has 0 fully saturated rings. The van der Waals surface area contributed by atoms with Crippen molar-refractivity contribution in [2.24, 2.45) is 0 Å². The molecule has 10 heteroatoms. The molecule has 2 N–H and O–H groups in total. The van der Waals surface area contributed by atoms with Crippen LogP contribution >= 0.6 is 83.1 Å². The van der Waals surface area contributed by atoms with Gasteiger partial charge in [0.25, 0.3) is 0 Å². The molecule has 110 valence electrons. The third-order valence-corrected chi connectivity index (χ3v) is 7.79. The van der Waals surface area contributed by atoms with Gasteiger partial charge in [-0.2, -0.15) is 0 Å². The van der Waals surface area contributed by atoms with Crippen LogP contribution in [0, 0.1) is 0 Å². The Labute approximate surface area is 145 Å². The maximum absolute atomic E-state index is 11.1. The first kappa shape index (κ1) is 20.3. The van der Waals surface area contributed by atoms with Crippen molar-refractivity contribution in [2.75, 3.05) is 16.5 Å². The van der Waals surface area contributed by atoms with Crippen molar-refractivity contribution in [2.45, 2.75) is 28.1 Å². The molecule has 0 rings (SSSR count). The summed E-state index contributed by atoms with van der Waals surface area (Å²) in [6.45, 7) is 0. The van der Waals surface area contributed by atoms with Crippen molar-refractivity contribution in [3.63, 3.8) is 0 Å². The van der Waals surface area contributed by atoms with Crippen LogP contribution < -0.4 is 0 Å². The van der Waals surface area contributed by atoms with Gasteiger partial charge in [-0.05, 0) is 12.8 Å². The van der Waals surface area contributed by atoms with Gasteiger partial charge in [0.05, 0.1) is 11.5 Å². The lowest BCUT2D eigenvalue weighted by Crippen LogP contribution is -2.39. The first-order valence-electron chi connectivity index (χ1n) is 4.90. The van der Waals surface area contributed by atoms with E-state index in [2.05, 4.69) is 63.7 Å². The predicted molar refractivity (Wildman–Crippen MR) is 88.8 cm³/mol. The molecular formula is C8H14Br4ClO4P. The minimum atomic E-state index is -4.59. The van der Waals surface area contributed by atoms with Crippen molar-refractivity contribution >= 4 is 83.1 Å². The molecular weight excluding hydrogens is 546 g/mol. The normalized spacial score (nSPS) is 19.3. The predicted octanol–water partition coefficient (Wildman–Crippen LogP) is 4.17. The Bertz CT molecular complexity index is 278. The highest BCUT2D eigenvalue weighted by Gasteiger charge is 2.40. The van der Waals surface area contributed by atoms with Gasteiger partial charge in [-0.15, -0.1) is 11.6 Å². The summed E-state index contributed by atoms with van der Waals surface area (Å²) >= 11 is 19.3. The molecule has 0 aliphatic rings. The van der Waals surface area contributed by atoms with Crippen LogP contribution in [0.1, 0.15) is 12.8 Å². The summed E-state index contributed by atoms with van der Waals surface area (Å²) in [4.78, 5) is 18.1. The van der Waals surface area contributed by atoms with Crippen molar-refractivity contribution < 1.29 is 18.9 Å². The molecule has 0 spiro atoms. The number of phosphoric ester groups is 1. The number of rotatable bonds is 9. The fraction of sp³-hybridized carbons (Fsp3) is 1.00. The average Bonchev–Trinajstić information content (AvgIpc) is 2.26. The molecule has 0 saturated carbocycles. The van der Waals surface area contributed by atoms with Crippen LogP contribution in [-0.4, -0.2) is 41.6 Å². The quantitative estimate of drug-likeness (QED) is 0.329. The second-order valence-electron chi connectivity index (χ2n) is 3.81. The molecule has 0 aromatic carbocycles. The van der Waals surface area contributed by atoms with Gasteiger partial charge in [0.1, 0.15) is 0 Å². The summed E-state index contributed by atoms with van der Waals surface area (Å²) in [7, 11) is -4.59. The van der Waals surface area contributed by atoms with E-state index in [1.807, 2.05) is 0 Å². The first-order valence-corrected chi connectivity index (χ1v) is 11.0. The van der Waals surface area contributed by atoms with Crippen molar-refractivity contribution in [1.82, 2.24) is 0 Å². The first-order chi connectivity index (χ1) is 8.18. The highest BCUT2D eigenvalue weighted by molar-refractivity contribution is 9.12. The molecule has 0 aromatic rings. The number of hydrogen-bond acceptors (Lipinski definition) is 2. The van der Waals surface area contributed by atoms with Gasteiger partial charge in [-0.3, -0.25) is 4.52 Å². The molecule has 2 unspecified atom stereocenters. The summed E-state index contributed by atoms with van der Waals surface area (Å²) in [6.07, 6.45) is 0.782. The molecule has 0 amide bonds. The minimum absolute atomic E-state index is 0.00229. The molecule has 0 aliphatic heterocycles. The minimum Gasteiger partial charge on any atom is -0.303 e. The second kappa shape index (κ2) is 9.36. The largest absolute Gasteiger partial charge is 0.470 e. The summed E-state index contributed by atoms with van der Waals surface area (Å²) in [6, 6.07) is 0. The van der Waals surface area contributed by atoms with Crippen LogP contribution in [0.3, 0.4) is 0 Å². The van der Waals surface area contributed by atoms with Gasteiger partial charge < -0.3 is 9.79 Å². The molecule has 4 nitrogen and oxygen atoms in total. The summed E-state index contributed by atoms with van der Waals surface area (Å²) in [5.41, 5.74) is -1.08. The Balaban J connectivity index is 4.99. The van der Waals surface area contributed by atoms with Crippen LogP contribution in [0.2, 0.25) is 0 Å². The SMILES string of the molecule is O=P(O)(O)OC(CCl)(CC(Br)CBr)CC(Br)CBr. The molecule has 0 heterocycles. The van der Waals surface area contributed by atoms with Gasteiger partial charge in [0.15, 0.2) is 0 Å². The molecule has 0 radical (unpaired) electrons. The Hall–Kier alpha value is 2.32. The molecule has 0 saturated heterocycles. The van der Waals surface area contributed by atoms with Crippen molar-refractivity contribution in [3.05, 3.63) is 0 Å². The van der Waals surface area contributed by atoms with Crippen LogP contribution in [0.5, 0.6) is 0 Å².